The molecule has 2 rings (SSSR count). The largest absolute Gasteiger partial charge is 0.454 e. The lowest BCUT2D eigenvalue weighted by molar-refractivity contribution is -0.118. The van der Waals surface area contributed by atoms with Gasteiger partial charge in [0.25, 0.3) is 6.02 Å². The predicted molar refractivity (Wildman–Crippen MR) is 47.9 cm³/mol. The van der Waals surface area contributed by atoms with Crippen LogP contribution in [0.1, 0.15) is 6.92 Å². The minimum atomic E-state index is -0.935. The summed E-state index contributed by atoms with van der Waals surface area (Å²) < 4.78 is 10.4. The average molecular weight is 216 g/mol. The number of nitrogens with one attached hydrogen (secondary N) is 1. The number of rotatable bonds is 1. The van der Waals surface area contributed by atoms with Crippen LogP contribution in [0.15, 0.2) is 4.99 Å². The molecule has 1 saturated heterocycles. The maximum absolute atomic E-state index is 10.7. The minimum absolute atomic E-state index is 0.0490. The zero-order valence-electron chi connectivity index (χ0n) is 8.08. The van der Waals surface area contributed by atoms with E-state index >= 15 is 0 Å². The fraction of sp³-hybridized carbons (Fsp3) is 0.750. The SMILES string of the molecule is CC(=O)NC1=N[C@@H]2O[C@H](CO)C(O)[C@H]2O1. The van der Waals surface area contributed by atoms with Crippen molar-refractivity contribution in [2.24, 2.45) is 4.99 Å². The Balaban J connectivity index is 2.01. The predicted octanol–water partition coefficient (Wildman–Crippen LogP) is -2.04. The van der Waals surface area contributed by atoms with Crippen LogP contribution in [0.3, 0.4) is 0 Å². The van der Waals surface area contributed by atoms with E-state index in [0.717, 1.165) is 0 Å². The quantitative estimate of drug-likeness (QED) is 0.468. The van der Waals surface area contributed by atoms with E-state index < -0.39 is 24.5 Å². The van der Waals surface area contributed by atoms with Crippen LogP contribution < -0.4 is 5.32 Å². The standard InChI is InChI=1S/C8H12N2O5/c1-3(12)9-8-10-7-6(15-8)5(13)4(2-11)14-7/h4-7,11,13H,2H2,1H3,(H,9,10,12)/t4-,5?,6-,7-/m1/s1. The summed E-state index contributed by atoms with van der Waals surface area (Å²) >= 11 is 0. The van der Waals surface area contributed by atoms with E-state index in [1.54, 1.807) is 0 Å². The van der Waals surface area contributed by atoms with Crippen LogP contribution in [-0.4, -0.2) is 53.3 Å². The molecule has 7 nitrogen and oxygen atoms in total. The number of hydrogen-bond donors (Lipinski definition) is 3. The zero-order chi connectivity index (χ0) is 11.0. The van der Waals surface area contributed by atoms with Gasteiger partial charge >= 0.3 is 0 Å². The number of hydrogen-bond acceptors (Lipinski definition) is 6. The summed E-state index contributed by atoms with van der Waals surface area (Å²) in [6, 6.07) is 0.0490. The second-order valence-corrected chi connectivity index (χ2v) is 3.44. The molecular weight excluding hydrogens is 204 g/mol. The van der Waals surface area contributed by atoms with E-state index in [2.05, 4.69) is 10.3 Å². The van der Waals surface area contributed by atoms with Crippen molar-refractivity contribution in [1.82, 2.24) is 5.32 Å². The van der Waals surface area contributed by atoms with E-state index in [4.69, 9.17) is 14.6 Å². The number of amides is 1. The second-order valence-electron chi connectivity index (χ2n) is 3.44. The van der Waals surface area contributed by atoms with Gasteiger partial charge in [-0.2, -0.15) is 4.99 Å². The summed E-state index contributed by atoms with van der Waals surface area (Å²) in [5, 5.41) is 20.8. The van der Waals surface area contributed by atoms with Crippen molar-refractivity contribution >= 4 is 11.9 Å². The Labute approximate surface area is 85.7 Å². The number of aliphatic hydroxyl groups is 2. The molecule has 0 spiro atoms. The molecule has 0 bridgehead atoms. The van der Waals surface area contributed by atoms with E-state index in [1.165, 1.54) is 6.92 Å². The molecule has 1 amide bonds. The van der Waals surface area contributed by atoms with Gasteiger partial charge in [-0.25, -0.2) is 0 Å². The third-order valence-electron chi connectivity index (χ3n) is 2.27. The van der Waals surface area contributed by atoms with Gasteiger partial charge in [0.2, 0.25) is 5.91 Å². The van der Waals surface area contributed by atoms with Crippen molar-refractivity contribution in [2.75, 3.05) is 6.61 Å². The van der Waals surface area contributed by atoms with E-state index in [-0.39, 0.29) is 18.5 Å². The van der Waals surface area contributed by atoms with E-state index in [0.29, 0.717) is 0 Å². The van der Waals surface area contributed by atoms with Crippen LogP contribution in [0, 0.1) is 0 Å². The normalized spacial score (nSPS) is 38.2. The first kappa shape index (κ1) is 10.3. The average Bonchev–Trinajstić information content (AvgIpc) is 2.65. The summed E-state index contributed by atoms with van der Waals surface area (Å²) in [5.41, 5.74) is 0. The van der Waals surface area contributed by atoms with Crippen LogP contribution in [0.2, 0.25) is 0 Å². The monoisotopic (exact) mass is 216 g/mol. The highest BCUT2D eigenvalue weighted by atomic mass is 16.6. The zero-order valence-corrected chi connectivity index (χ0v) is 8.08. The molecule has 0 saturated carbocycles. The van der Waals surface area contributed by atoms with Crippen molar-refractivity contribution in [3.8, 4) is 0 Å². The van der Waals surface area contributed by atoms with Gasteiger partial charge in [-0.05, 0) is 0 Å². The first-order valence-corrected chi connectivity index (χ1v) is 4.58. The maximum Gasteiger partial charge on any atom is 0.294 e. The summed E-state index contributed by atoms with van der Waals surface area (Å²) in [7, 11) is 0. The Morgan fingerprint density at radius 3 is 2.93 bits per heavy atom. The van der Waals surface area contributed by atoms with Crippen molar-refractivity contribution < 1.29 is 24.5 Å². The van der Waals surface area contributed by atoms with Gasteiger partial charge in [0.1, 0.15) is 12.2 Å². The van der Waals surface area contributed by atoms with Crippen LogP contribution in [0.25, 0.3) is 0 Å². The molecule has 0 radical (unpaired) electrons. The van der Waals surface area contributed by atoms with Gasteiger partial charge in [-0.15, -0.1) is 0 Å². The summed E-state index contributed by atoms with van der Waals surface area (Å²) in [6.45, 7) is 1.04. The first-order valence-electron chi connectivity index (χ1n) is 4.58. The topological polar surface area (TPSA) is 100 Å². The Bertz CT molecular complexity index is 305. The Morgan fingerprint density at radius 1 is 1.67 bits per heavy atom. The number of fused-ring (bicyclic) bond motifs is 1. The number of ether oxygens (including phenoxy) is 2. The van der Waals surface area contributed by atoms with Gasteiger partial charge in [0, 0.05) is 6.92 Å². The van der Waals surface area contributed by atoms with Gasteiger partial charge in [-0.3, -0.25) is 10.1 Å². The number of carbonyl (C=O) groups excluding carboxylic acids is 1. The molecule has 2 aliphatic rings. The molecule has 1 unspecified atom stereocenters. The number of carbonyl (C=O) groups is 1. The lowest BCUT2D eigenvalue weighted by atomic mass is 10.1. The smallest absolute Gasteiger partial charge is 0.294 e. The summed E-state index contributed by atoms with van der Waals surface area (Å²) in [4.78, 5) is 14.6. The first-order chi connectivity index (χ1) is 7.11. The summed E-state index contributed by atoms with van der Waals surface area (Å²) in [6.07, 6.45) is -2.92. The molecule has 0 aromatic carbocycles. The molecule has 2 aliphatic heterocycles. The molecule has 7 heteroatoms. The van der Waals surface area contributed by atoms with Gasteiger partial charge < -0.3 is 19.7 Å². The molecule has 0 aromatic heterocycles. The number of aliphatic hydroxyl groups excluding tert-OH is 2. The van der Waals surface area contributed by atoms with Crippen molar-refractivity contribution in [2.45, 2.75) is 31.5 Å². The Morgan fingerprint density at radius 2 is 2.40 bits per heavy atom. The van der Waals surface area contributed by atoms with Gasteiger partial charge in [0.15, 0.2) is 12.3 Å². The van der Waals surface area contributed by atoms with Gasteiger partial charge in [0.05, 0.1) is 6.61 Å². The van der Waals surface area contributed by atoms with Crippen LogP contribution >= 0.6 is 0 Å². The Hall–Kier alpha value is -1.18. The van der Waals surface area contributed by atoms with Crippen molar-refractivity contribution in [1.29, 1.82) is 0 Å². The van der Waals surface area contributed by atoms with Crippen LogP contribution in [0.5, 0.6) is 0 Å². The van der Waals surface area contributed by atoms with E-state index in [1.807, 2.05) is 0 Å². The number of amidine groups is 1. The minimum Gasteiger partial charge on any atom is -0.454 e. The maximum atomic E-state index is 10.7. The fourth-order valence-electron chi connectivity index (χ4n) is 1.59. The lowest BCUT2D eigenvalue weighted by Gasteiger charge is -2.14. The molecule has 84 valence electrons. The van der Waals surface area contributed by atoms with Crippen LogP contribution in [0.4, 0.5) is 0 Å². The molecule has 15 heavy (non-hydrogen) atoms. The molecule has 0 aliphatic carbocycles. The lowest BCUT2D eigenvalue weighted by Crippen LogP contribution is -2.37. The molecule has 3 N–H and O–H groups in total. The van der Waals surface area contributed by atoms with Crippen LogP contribution in [-0.2, 0) is 14.3 Å². The molecule has 4 atom stereocenters. The highest BCUT2D eigenvalue weighted by molar-refractivity contribution is 5.93. The third kappa shape index (κ3) is 1.81. The second kappa shape index (κ2) is 3.76. The summed E-state index contributed by atoms with van der Waals surface area (Å²) in [5.74, 6) is -0.304. The van der Waals surface area contributed by atoms with Gasteiger partial charge in [-0.1, -0.05) is 0 Å². The number of aliphatic imine (C=N–C) groups is 1. The highest BCUT2D eigenvalue weighted by Gasteiger charge is 2.49. The van der Waals surface area contributed by atoms with Crippen molar-refractivity contribution in [3.05, 3.63) is 0 Å². The van der Waals surface area contributed by atoms with Crippen molar-refractivity contribution in [3.63, 3.8) is 0 Å². The fourth-order valence-corrected chi connectivity index (χ4v) is 1.59. The highest BCUT2D eigenvalue weighted by Crippen LogP contribution is 2.28. The molecule has 1 fully saturated rings. The van der Waals surface area contributed by atoms with E-state index in [9.17, 15) is 9.90 Å². The molecular formula is C8H12N2O5. The Kier molecular flexibility index (Phi) is 2.59. The third-order valence-corrected chi connectivity index (χ3v) is 2.27. The molecule has 2 heterocycles. The number of nitrogens with zero attached hydrogens (tertiary/aromatic N) is 1. The molecule has 0 aromatic rings.